The van der Waals surface area contributed by atoms with E-state index in [1.807, 2.05) is 0 Å². The topological polar surface area (TPSA) is 66.5 Å². The minimum Gasteiger partial charge on any atom is -0.504 e. The molecule has 0 aliphatic rings. The van der Waals surface area contributed by atoms with Crippen LogP contribution in [0.15, 0.2) is 18.1 Å². The first-order valence-corrected chi connectivity index (χ1v) is 3.21. The molecule has 0 amide bonds. The Morgan fingerprint density at radius 1 is 1.33 bits per heavy atom. The first kappa shape index (κ1) is 6.57. The molecule has 0 aromatic heterocycles. The van der Waals surface area contributed by atoms with Gasteiger partial charge in [-0.25, -0.2) is 0 Å². The average Bonchev–Trinajstić information content (AvgIpc) is 2.19. The Labute approximate surface area is 81.5 Å². The number of halogens is 1. The van der Waals surface area contributed by atoms with Gasteiger partial charge in [0.25, 0.3) is 0 Å². The first-order valence-electron chi connectivity index (χ1n) is 4.71. The molecule has 1 rings (SSSR count). The summed E-state index contributed by atoms with van der Waals surface area (Å²) in [4.78, 5) is 0. The summed E-state index contributed by atoms with van der Waals surface area (Å²) < 4.78 is 22.1. The third-order valence-electron chi connectivity index (χ3n) is 1.22. The Kier molecular flexibility index (Phi) is 2.66. The number of phenolic OH excluding ortho intramolecular Hbond substituents is 2. The van der Waals surface area contributed by atoms with E-state index in [0.717, 1.165) is 0 Å². The number of benzene rings is 1. The molecule has 0 bridgehead atoms. The van der Waals surface area contributed by atoms with Crippen molar-refractivity contribution in [3.05, 3.63) is 23.7 Å². The van der Waals surface area contributed by atoms with Crippen molar-refractivity contribution in [3.63, 3.8) is 0 Å². The van der Waals surface area contributed by atoms with Crippen molar-refractivity contribution in [3.8, 4) is 11.5 Å². The monoisotopic (exact) mass is 192 g/mol. The van der Waals surface area contributed by atoms with Gasteiger partial charge in [0.05, 0.1) is 4.11 Å². The van der Waals surface area contributed by atoms with Crippen molar-refractivity contribution in [1.29, 1.82) is 0 Å². The summed E-state index contributed by atoms with van der Waals surface area (Å²) in [5, 5.41) is 18.4. The van der Waals surface area contributed by atoms with Gasteiger partial charge in [0.2, 0.25) is 0 Å². The second-order valence-corrected chi connectivity index (χ2v) is 2.09. The van der Waals surface area contributed by atoms with E-state index >= 15 is 0 Å². The average molecular weight is 193 g/mol. The Morgan fingerprint density at radius 3 is 2.58 bits per heavy atom. The van der Waals surface area contributed by atoms with Gasteiger partial charge in [-0.15, -0.1) is 12.4 Å². The van der Waals surface area contributed by atoms with E-state index in [-0.39, 0.29) is 43.0 Å². The van der Waals surface area contributed by atoms with E-state index in [1.165, 1.54) is 0 Å². The maximum absolute atomic E-state index is 9.24. The fourth-order valence-corrected chi connectivity index (χ4v) is 0.697. The lowest BCUT2D eigenvalue weighted by molar-refractivity contribution is 0.403. The lowest BCUT2D eigenvalue weighted by Gasteiger charge is -2.00. The van der Waals surface area contributed by atoms with Crippen molar-refractivity contribution < 1.29 is 14.3 Å². The number of aromatic hydroxyl groups is 2. The molecule has 0 radical (unpaired) electrons. The van der Waals surface area contributed by atoms with Gasteiger partial charge in [0, 0.05) is 0 Å². The highest BCUT2D eigenvalue weighted by Gasteiger charge is 1.98. The van der Waals surface area contributed by atoms with Crippen LogP contribution in [0.5, 0.6) is 11.5 Å². The lowest BCUT2D eigenvalue weighted by Crippen LogP contribution is -2.02. The maximum atomic E-state index is 9.24. The summed E-state index contributed by atoms with van der Waals surface area (Å²) in [6.07, 6.45) is 0.234. The molecule has 0 unspecified atom stereocenters. The summed E-state index contributed by atoms with van der Waals surface area (Å²) in [6.45, 7) is 0.224. The molecule has 0 heterocycles. The SMILES string of the molecule is Cl.[2H]c1c([2H])c(CCN)c([2H])c(O)c1O. The van der Waals surface area contributed by atoms with Crippen LogP contribution in [0, 0.1) is 0 Å². The summed E-state index contributed by atoms with van der Waals surface area (Å²) >= 11 is 0. The predicted molar refractivity (Wildman–Crippen MR) is 49.8 cm³/mol. The second-order valence-electron chi connectivity index (χ2n) is 2.09. The number of nitrogens with two attached hydrogens (primary N) is 1. The molecule has 3 nitrogen and oxygen atoms in total. The number of phenols is 2. The van der Waals surface area contributed by atoms with Gasteiger partial charge >= 0.3 is 0 Å². The minimum absolute atomic E-state index is 0. The summed E-state index contributed by atoms with van der Waals surface area (Å²) in [5.74, 6) is -1.38. The maximum Gasteiger partial charge on any atom is 0.157 e. The fraction of sp³-hybridized carbons (Fsp3) is 0.250. The predicted octanol–water partition coefficient (Wildman–Crippen LogP) is 1.02. The third-order valence-corrected chi connectivity index (χ3v) is 1.22. The van der Waals surface area contributed by atoms with Crippen molar-refractivity contribution in [2.24, 2.45) is 5.73 Å². The molecule has 1 aromatic rings. The van der Waals surface area contributed by atoms with Gasteiger partial charge in [-0.1, -0.05) is 6.04 Å². The second kappa shape index (κ2) is 4.85. The van der Waals surface area contributed by atoms with Crippen molar-refractivity contribution >= 4 is 12.4 Å². The molecular formula is C8H12ClNO2. The molecule has 1 aromatic carbocycles. The van der Waals surface area contributed by atoms with Crippen LogP contribution in [-0.2, 0) is 6.42 Å². The third kappa shape index (κ3) is 2.60. The summed E-state index contributed by atoms with van der Waals surface area (Å²) in [6, 6.07) is -1.05. The molecule has 12 heavy (non-hydrogen) atoms. The normalized spacial score (nSPS) is 12.6. The largest absolute Gasteiger partial charge is 0.504 e. The lowest BCUT2D eigenvalue weighted by atomic mass is 10.1. The zero-order valence-corrected chi connectivity index (χ0v) is 7.11. The molecule has 0 saturated heterocycles. The molecule has 0 aliphatic heterocycles. The molecule has 68 valence electrons. The van der Waals surface area contributed by atoms with Gasteiger partial charge in [-0.3, -0.25) is 0 Å². The zero-order chi connectivity index (χ0) is 10.9. The highest BCUT2D eigenvalue weighted by atomic mass is 35.5. The Morgan fingerprint density at radius 2 is 2.00 bits per heavy atom. The fourth-order valence-electron chi connectivity index (χ4n) is 0.697. The van der Waals surface area contributed by atoms with Crippen LogP contribution in [0.3, 0.4) is 0 Å². The highest BCUT2D eigenvalue weighted by molar-refractivity contribution is 5.85. The van der Waals surface area contributed by atoms with E-state index in [9.17, 15) is 5.11 Å². The first-order chi connectivity index (χ1) is 6.50. The number of hydrogen-bond donors (Lipinski definition) is 3. The van der Waals surface area contributed by atoms with Crippen molar-refractivity contribution in [2.75, 3.05) is 6.54 Å². The summed E-state index contributed by atoms with van der Waals surface area (Å²) in [7, 11) is 0. The molecule has 0 atom stereocenters. The van der Waals surface area contributed by atoms with Gasteiger partial charge in [0.1, 0.15) is 0 Å². The van der Waals surface area contributed by atoms with E-state index in [1.54, 1.807) is 0 Å². The molecule has 0 fully saturated rings. The van der Waals surface area contributed by atoms with Gasteiger partial charge in [0.15, 0.2) is 11.5 Å². The van der Waals surface area contributed by atoms with Gasteiger partial charge in [-0.2, -0.15) is 0 Å². The molecule has 4 N–H and O–H groups in total. The quantitative estimate of drug-likeness (QED) is 0.613. The van der Waals surface area contributed by atoms with Crippen molar-refractivity contribution in [2.45, 2.75) is 6.42 Å². The molecule has 0 aliphatic carbocycles. The Balaban J connectivity index is 0.00000196. The van der Waals surface area contributed by atoms with Crippen molar-refractivity contribution in [1.82, 2.24) is 0 Å². The van der Waals surface area contributed by atoms with Crippen LogP contribution >= 0.6 is 12.4 Å². The smallest absolute Gasteiger partial charge is 0.157 e. The van der Waals surface area contributed by atoms with E-state index < -0.39 is 17.5 Å². The van der Waals surface area contributed by atoms with Gasteiger partial charge in [-0.05, 0) is 30.6 Å². The number of hydrogen-bond acceptors (Lipinski definition) is 3. The standard InChI is InChI=1S/C8H11NO2.ClH/c9-4-3-6-1-2-7(10)8(11)5-6;/h1-2,5,10-11H,3-4,9H2;1H/i1D,2D,5D;. The zero-order valence-electron chi connectivity index (χ0n) is 9.29. The molecular weight excluding hydrogens is 178 g/mol. The molecule has 0 saturated carbocycles. The number of rotatable bonds is 2. The minimum atomic E-state index is -0.722. The summed E-state index contributed by atoms with van der Waals surface area (Å²) in [5.41, 5.74) is 5.45. The Bertz CT molecular complexity index is 344. The Hall–Kier alpha value is -0.930. The molecule has 0 spiro atoms. The highest BCUT2D eigenvalue weighted by Crippen LogP contribution is 2.24. The van der Waals surface area contributed by atoms with Gasteiger partial charge < -0.3 is 15.9 Å². The van der Waals surface area contributed by atoms with Crippen LogP contribution < -0.4 is 5.73 Å². The van der Waals surface area contributed by atoms with Crippen LogP contribution in [0.25, 0.3) is 0 Å². The van der Waals surface area contributed by atoms with E-state index in [2.05, 4.69) is 0 Å². The van der Waals surface area contributed by atoms with E-state index in [4.69, 9.17) is 15.0 Å². The van der Waals surface area contributed by atoms with Crippen LogP contribution in [0.4, 0.5) is 0 Å². The molecule has 4 heteroatoms. The van der Waals surface area contributed by atoms with Crippen LogP contribution in [0.1, 0.15) is 9.68 Å². The van der Waals surface area contributed by atoms with Crippen LogP contribution in [0.2, 0.25) is 0 Å². The van der Waals surface area contributed by atoms with Crippen LogP contribution in [-0.4, -0.2) is 16.8 Å². The van der Waals surface area contributed by atoms with E-state index in [0.29, 0.717) is 0 Å².